The first-order valence-electron chi connectivity index (χ1n) is 31.4. The lowest BCUT2D eigenvalue weighted by molar-refractivity contribution is 0.672. The fraction of sp³-hybridized carbons (Fsp3) is 0. The summed E-state index contributed by atoms with van der Waals surface area (Å²) in [4.78, 5) is 4.63. The number of fused-ring (bicyclic) bond motifs is 12. The van der Waals surface area contributed by atoms with Gasteiger partial charge in [0.25, 0.3) is 0 Å². The molecule has 0 N–H and O–H groups in total. The summed E-state index contributed by atoms with van der Waals surface area (Å²) in [5.74, 6) is 0. The van der Waals surface area contributed by atoms with Crippen molar-refractivity contribution in [3.8, 4) is 44.5 Å². The van der Waals surface area contributed by atoms with Crippen LogP contribution in [0.2, 0.25) is 0 Å². The summed E-state index contributed by atoms with van der Waals surface area (Å²) < 4.78 is 13.2. The molecule has 0 bridgehead atoms. The molecule has 0 aliphatic heterocycles. The number of hydrogen-bond donors (Lipinski definition) is 0. The van der Waals surface area contributed by atoms with Crippen molar-refractivity contribution in [2.24, 2.45) is 0 Å². The SMILES string of the molecule is c1ccc(-c2ccc(N(c3ccc(-c4cccc5ccccc45)cc3)c3ccc4c(c3)oc3c5ccccc5ccc43)cc2)cc1.c1ccc(-c2cccc(N(c3ccc(-c4ccc5ccccc5c4)cc3)c3ccc4c(c3)oc3c5ccccc5ccc43)c2)cc1. The highest BCUT2D eigenvalue weighted by atomic mass is 16.3. The average molecular weight is 1180 g/mol. The monoisotopic (exact) mass is 1170 g/mol. The van der Waals surface area contributed by atoms with E-state index in [-0.39, 0.29) is 0 Å². The molecule has 0 radical (unpaired) electrons. The van der Waals surface area contributed by atoms with Gasteiger partial charge in [0.15, 0.2) is 0 Å². The third-order valence-corrected chi connectivity index (χ3v) is 18.1. The highest BCUT2D eigenvalue weighted by Crippen LogP contribution is 2.44. The highest BCUT2D eigenvalue weighted by molar-refractivity contribution is 6.17. The summed E-state index contributed by atoms with van der Waals surface area (Å²) in [5, 5.41) is 14.1. The van der Waals surface area contributed by atoms with Gasteiger partial charge in [0.2, 0.25) is 0 Å². The van der Waals surface area contributed by atoms with Crippen LogP contribution in [0.4, 0.5) is 34.1 Å². The quantitative estimate of drug-likeness (QED) is 0.137. The zero-order valence-corrected chi connectivity index (χ0v) is 50.2. The molecule has 0 saturated heterocycles. The fourth-order valence-electron chi connectivity index (χ4n) is 13.5. The molecule has 0 amide bonds. The van der Waals surface area contributed by atoms with Gasteiger partial charge in [0.1, 0.15) is 22.3 Å². The van der Waals surface area contributed by atoms with Crippen LogP contribution in [0.5, 0.6) is 0 Å². The average Bonchev–Trinajstić information content (AvgIpc) is 1.60. The largest absolute Gasteiger partial charge is 0.455 e. The smallest absolute Gasteiger partial charge is 0.143 e. The van der Waals surface area contributed by atoms with Gasteiger partial charge in [-0.1, -0.05) is 249 Å². The number of nitrogens with zero attached hydrogens (tertiary/aromatic N) is 2. The van der Waals surface area contributed by atoms with E-state index in [4.69, 9.17) is 8.83 Å². The summed E-state index contributed by atoms with van der Waals surface area (Å²) >= 11 is 0. The molecule has 432 valence electrons. The summed E-state index contributed by atoms with van der Waals surface area (Å²) in [7, 11) is 0. The summed E-state index contributed by atoms with van der Waals surface area (Å²) in [6.45, 7) is 0. The molecule has 0 fully saturated rings. The van der Waals surface area contributed by atoms with Gasteiger partial charge in [-0.15, -0.1) is 0 Å². The molecule has 0 saturated carbocycles. The van der Waals surface area contributed by atoms with Gasteiger partial charge >= 0.3 is 0 Å². The molecule has 18 aromatic rings. The van der Waals surface area contributed by atoms with Crippen molar-refractivity contribution in [3.05, 3.63) is 352 Å². The Morgan fingerprint density at radius 3 is 1.09 bits per heavy atom. The lowest BCUT2D eigenvalue weighted by Gasteiger charge is -2.26. The summed E-state index contributed by atoms with van der Waals surface area (Å²) in [6, 6.07) is 125. The second kappa shape index (κ2) is 23.0. The van der Waals surface area contributed by atoms with Crippen LogP contribution < -0.4 is 9.80 Å². The van der Waals surface area contributed by atoms with Crippen LogP contribution in [0.15, 0.2) is 361 Å². The van der Waals surface area contributed by atoms with Gasteiger partial charge in [-0.25, -0.2) is 0 Å². The molecule has 18 rings (SSSR count). The Balaban J connectivity index is 0.000000141. The minimum atomic E-state index is 0.876. The van der Waals surface area contributed by atoms with Crippen LogP contribution >= 0.6 is 0 Å². The van der Waals surface area contributed by atoms with Crippen molar-refractivity contribution in [2.75, 3.05) is 9.80 Å². The number of furan rings is 2. The number of anilines is 6. The molecule has 0 atom stereocenters. The molecule has 92 heavy (non-hydrogen) atoms. The predicted octanol–water partition coefficient (Wildman–Crippen LogP) is 25.4. The van der Waals surface area contributed by atoms with Gasteiger partial charge < -0.3 is 18.6 Å². The molecule has 4 heteroatoms. The number of benzene rings is 16. The summed E-state index contributed by atoms with van der Waals surface area (Å²) in [5.41, 5.74) is 19.6. The molecule has 0 aliphatic rings. The van der Waals surface area contributed by atoms with E-state index < -0.39 is 0 Å². The van der Waals surface area contributed by atoms with E-state index in [0.717, 1.165) is 88.8 Å². The van der Waals surface area contributed by atoms with Gasteiger partial charge in [-0.3, -0.25) is 0 Å². The predicted molar refractivity (Wildman–Crippen MR) is 389 cm³/mol. The Bertz CT molecular complexity index is 5750. The van der Waals surface area contributed by atoms with E-state index in [1.807, 2.05) is 0 Å². The minimum Gasteiger partial charge on any atom is -0.455 e. The second-order valence-corrected chi connectivity index (χ2v) is 23.6. The first-order chi connectivity index (χ1) is 45.6. The first-order valence-corrected chi connectivity index (χ1v) is 31.4. The molecule has 2 aromatic heterocycles. The zero-order chi connectivity index (χ0) is 60.9. The van der Waals surface area contributed by atoms with Crippen molar-refractivity contribution >= 4 is 121 Å². The lowest BCUT2D eigenvalue weighted by atomic mass is 9.98. The van der Waals surface area contributed by atoms with Crippen LogP contribution in [0, 0.1) is 0 Å². The van der Waals surface area contributed by atoms with Gasteiger partial charge in [0.05, 0.1) is 0 Å². The van der Waals surface area contributed by atoms with E-state index in [2.05, 4.69) is 362 Å². The van der Waals surface area contributed by atoms with E-state index >= 15 is 0 Å². The Kier molecular flexibility index (Phi) is 13.5. The van der Waals surface area contributed by atoms with Crippen molar-refractivity contribution < 1.29 is 8.83 Å². The molecule has 4 nitrogen and oxygen atoms in total. The van der Waals surface area contributed by atoms with Crippen LogP contribution in [0.25, 0.3) is 131 Å². The third kappa shape index (κ3) is 9.93. The van der Waals surface area contributed by atoms with Crippen LogP contribution in [-0.2, 0) is 0 Å². The maximum Gasteiger partial charge on any atom is 0.143 e. The molecule has 2 heterocycles. The molecule has 0 spiro atoms. The topological polar surface area (TPSA) is 32.8 Å². The van der Waals surface area contributed by atoms with E-state index in [9.17, 15) is 0 Å². The van der Waals surface area contributed by atoms with E-state index in [1.54, 1.807) is 0 Å². The molecule has 16 aromatic carbocycles. The van der Waals surface area contributed by atoms with Crippen molar-refractivity contribution in [1.29, 1.82) is 0 Å². The number of hydrogen-bond acceptors (Lipinski definition) is 4. The van der Waals surface area contributed by atoms with Crippen molar-refractivity contribution in [3.63, 3.8) is 0 Å². The van der Waals surface area contributed by atoms with Crippen molar-refractivity contribution in [1.82, 2.24) is 0 Å². The Morgan fingerprint density at radius 2 is 0.522 bits per heavy atom. The Morgan fingerprint density at radius 1 is 0.174 bits per heavy atom. The van der Waals surface area contributed by atoms with Gasteiger partial charge in [-0.2, -0.15) is 0 Å². The molecular formula is C88H58N2O2. The molecular weight excluding hydrogens is 1120 g/mol. The highest BCUT2D eigenvalue weighted by Gasteiger charge is 2.20. The maximum atomic E-state index is 6.61. The standard InChI is InChI=1S/2C44H29NO/c1-2-9-30(10-3-1)31-17-22-35(23-18-31)45(36-24-19-34(20-25-36)39-16-8-13-32-11-4-6-14-38(32)39)37-26-28-41-42-27-21-33-12-5-7-15-40(33)44(42)46-43(41)29-37;1-2-9-30(10-3-1)35-14-8-15-38(28-35)45(37-22-19-32(20-23-37)36-18-17-31-11-4-5-13-34(31)27-36)39-24-26-41-42-25-21-33-12-6-7-16-40(33)44(42)46-43(41)29-39/h2*1-29H. The maximum absolute atomic E-state index is 6.61. The van der Waals surface area contributed by atoms with Crippen LogP contribution in [-0.4, -0.2) is 0 Å². The lowest BCUT2D eigenvalue weighted by Crippen LogP contribution is -2.10. The first kappa shape index (κ1) is 54.0. The molecule has 0 unspecified atom stereocenters. The number of rotatable bonds is 10. The second-order valence-electron chi connectivity index (χ2n) is 23.6. The van der Waals surface area contributed by atoms with Gasteiger partial charge in [-0.05, 0) is 168 Å². The van der Waals surface area contributed by atoms with Gasteiger partial charge in [0, 0.05) is 78.6 Å². The van der Waals surface area contributed by atoms with E-state index in [0.29, 0.717) is 0 Å². The fourth-order valence-corrected chi connectivity index (χ4v) is 13.5. The summed E-state index contributed by atoms with van der Waals surface area (Å²) in [6.07, 6.45) is 0. The van der Waals surface area contributed by atoms with Crippen LogP contribution in [0.3, 0.4) is 0 Å². The molecule has 0 aliphatic carbocycles. The Labute approximate surface area is 533 Å². The third-order valence-electron chi connectivity index (χ3n) is 18.1. The van der Waals surface area contributed by atoms with E-state index in [1.165, 1.54) is 76.8 Å². The minimum absolute atomic E-state index is 0.876. The van der Waals surface area contributed by atoms with Crippen molar-refractivity contribution in [2.45, 2.75) is 0 Å². The normalized spacial score (nSPS) is 11.5. The van der Waals surface area contributed by atoms with Crippen LogP contribution in [0.1, 0.15) is 0 Å². The Hall–Kier alpha value is -12.2. The zero-order valence-electron chi connectivity index (χ0n) is 50.2.